The van der Waals surface area contributed by atoms with E-state index in [1.54, 1.807) is 0 Å². The Hall–Kier alpha value is -0.610. The van der Waals surface area contributed by atoms with Gasteiger partial charge >= 0.3 is 0 Å². The summed E-state index contributed by atoms with van der Waals surface area (Å²) in [5.74, 6) is 0.200. The number of hydrogen-bond acceptors (Lipinski definition) is 3. The quantitative estimate of drug-likeness (QED) is 0.787. The van der Waals surface area contributed by atoms with Gasteiger partial charge in [0.05, 0.1) is 13.2 Å². The first-order valence-electron chi connectivity index (χ1n) is 5.91. The van der Waals surface area contributed by atoms with E-state index in [0.29, 0.717) is 31.5 Å². The molecule has 0 bridgehead atoms. The number of nitrogens with two attached hydrogens (primary N) is 1. The van der Waals surface area contributed by atoms with Crippen molar-refractivity contribution in [3.63, 3.8) is 0 Å². The highest BCUT2D eigenvalue weighted by Crippen LogP contribution is 2.63. The first-order valence-corrected chi connectivity index (χ1v) is 5.91. The standard InChI is InChI=1S/C12H21NO3/c1-11(2)8(6-10(13)14)9(11)7-12(3)15-4-5-16-12/h8-9H,4-7H2,1-3H3,(H2,13,14)/t8-,9+/m0/s1. The van der Waals surface area contributed by atoms with Gasteiger partial charge in [-0.15, -0.1) is 0 Å². The molecule has 0 aromatic carbocycles. The first-order chi connectivity index (χ1) is 7.35. The maximum Gasteiger partial charge on any atom is 0.217 e. The van der Waals surface area contributed by atoms with Gasteiger partial charge < -0.3 is 15.2 Å². The second-order valence-electron chi connectivity index (χ2n) is 5.74. The Morgan fingerprint density at radius 1 is 1.25 bits per heavy atom. The van der Waals surface area contributed by atoms with E-state index in [2.05, 4.69) is 13.8 Å². The van der Waals surface area contributed by atoms with Crippen molar-refractivity contribution in [1.82, 2.24) is 0 Å². The third-order valence-electron chi connectivity index (χ3n) is 4.20. The zero-order chi connectivity index (χ0) is 12.0. The highest BCUT2D eigenvalue weighted by atomic mass is 16.7. The second kappa shape index (κ2) is 3.70. The van der Waals surface area contributed by atoms with E-state index in [1.807, 2.05) is 6.92 Å². The average molecular weight is 227 g/mol. The summed E-state index contributed by atoms with van der Waals surface area (Å²) in [6.07, 6.45) is 1.34. The normalized spacial score (nSPS) is 34.9. The van der Waals surface area contributed by atoms with Gasteiger partial charge in [0.2, 0.25) is 5.91 Å². The molecule has 92 valence electrons. The van der Waals surface area contributed by atoms with Gasteiger partial charge in [0.15, 0.2) is 5.79 Å². The number of hydrogen-bond donors (Lipinski definition) is 1. The van der Waals surface area contributed by atoms with Crippen molar-refractivity contribution in [3.8, 4) is 0 Å². The number of rotatable bonds is 4. The van der Waals surface area contributed by atoms with Crippen LogP contribution in [-0.2, 0) is 14.3 Å². The predicted octanol–water partition coefficient (Wildman–Crippen LogP) is 1.29. The summed E-state index contributed by atoms with van der Waals surface area (Å²) >= 11 is 0. The minimum absolute atomic E-state index is 0.188. The lowest BCUT2D eigenvalue weighted by molar-refractivity contribution is -0.151. The third-order valence-corrected chi connectivity index (χ3v) is 4.20. The van der Waals surface area contributed by atoms with Crippen LogP contribution in [0.2, 0.25) is 0 Å². The number of carbonyl (C=O) groups is 1. The molecule has 0 radical (unpaired) electrons. The fraction of sp³-hybridized carbons (Fsp3) is 0.917. The summed E-state index contributed by atoms with van der Waals surface area (Å²) in [5, 5.41) is 0. The van der Waals surface area contributed by atoms with Crippen LogP contribution in [0.4, 0.5) is 0 Å². The van der Waals surface area contributed by atoms with E-state index in [1.165, 1.54) is 0 Å². The largest absolute Gasteiger partial charge is 0.370 e. The third kappa shape index (κ3) is 2.09. The van der Waals surface area contributed by atoms with Gasteiger partial charge in [0.25, 0.3) is 0 Å². The number of carbonyl (C=O) groups excluding carboxylic acids is 1. The summed E-state index contributed by atoms with van der Waals surface area (Å²) < 4.78 is 11.2. The zero-order valence-corrected chi connectivity index (χ0v) is 10.3. The molecule has 0 unspecified atom stereocenters. The summed E-state index contributed by atoms with van der Waals surface area (Å²) in [5.41, 5.74) is 5.44. The average Bonchev–Trinajstić information content (AvgIpc) is 2.56. The molecule has 4 heteroatoms. The zero-order valence-electron chi connectivity index (χ0n) is 10.3. The molecule has 1 saturated heterocycles. The lowest BCUT2D eigenvalue weighted by Crippen LogP contribution is -2.27. The van der Waals surface area contributed by atoms with Crippen LogP contribution >= 0.6 is 0 Å². The summed E-state index contributed by atoms with van der Waals surface area (Å²) in [6, 6.07) is 0. The molecule has 16 heavy (non-hydrogen) atoms. The Morgan fingerprint density at radius 3 is 2.31 bits per heavy atom. The topological polar surface area (TPSA) is 61.6 Å². The maximum atomic E-state index is 11.0. The number of primary amides is 1. The van der Waals surface area contributed by atoms with E-state index < -0.39 is 5.79 Å². The van der Waals surface area contributed by atoms with Crippen LogP contribution in [0.5, 0.6) is 0 Å². The van der Waals surface area contributed by atoms with Crippen molar-refractivity contribution in [2.75, 3.05) is 13.2 Å². The molecular weight excluding hydrogens is 206 g/mol. The highest BCUT2D eigenvalue weighted by Gasteiger charge is 2.59. The molecule has 0 aromatic rings. The van der Waals surface area contributed by atoms with E-state index in [0.717, 1.165) is 6.42 Å². The molecule has 0 aromatic heterocycles. The summed E-state index contributed by atoms with van der Waals surface area (Å²) in [6.45, 7) is 7.69. The lowest BCUT2D eigenvalue weighted by atomic mass is 10.0. The Morgan fingerprint density at radius 2 is 1.81 bits per heavy atom. The molecule has 2 rings (SSSR count). The van der Waals surface area contributed by atoms with Gasteiger partial charge in [-0.2, -0.15) is 0 Å². The Balaban J connectivity index is 1.93. The molecule has 1 amide bonds. The SMILES string of the molecule is CC1(C[C@@H]2[C@H](CC(N)=O)C2(C)C)OCCO1. The first kappa shape index (κ1) is 11.9. The molecular formula is C12H21NO3. The highest BCUT2D eigenvalue weighted by molar-refractivity contribution is 5.74. The van der Waals surface area contributed by atoms with Crippen molar-refractivity contribution >= 4 is 5.91 Å². The molecule has 1 heterocycles. The number of amides is 1. The van der Waals surface area contributed by atoms with E-state index >= 15 is 0 Å². The molecule has 1 saturated carbocycles. The van der Waals surface area contributed by atoms with Crippen molar-refractivity contribution < 1.29 is 14.3 Å². The number of ether oxygens (including phenoxy) is 2. The fourth-order valence-electron chi connectivity index (χ4n) is 2.96. The maximum absolute atomic E-state index is 11.0. The van der Waals surface area contributed by atoms with Crippen molar-refractivity contribution in [2.24, 2.45) is 23.0 Å². The smallest absolute Gasteiger partial charge is 0.217 e. The van der Waals surface area contributed by atoms with Crippen LogP contribution < -0.4 is 5.73 Å². The molecule has 2 N–H and O–H groups in total. The van der Waals surface area contributed by atoms with Crippen LogP contribution in [0.1, 0.15) is 33.6 Å². The van der Waals surface area contributed by atoms with Gasteiger partial charge in [-0.25, -0.2) is 0 Å². The minimum atomic E-state index is -0.450. The molecule has 2 atom stereocenters. The molecule has 1 aliphatic heterocycles. The minimum Gasteiger partial charge on any atom is -0.370 e. The van der Waals surface area contributed by atoms with Crippen LogP contribution in [0.3, 0.4) is 0 Å². The Labute approximate surface area is 96.5 Å². The summed E-state index contributed by atoms with van der Waals surface area (Å²) in [7, 11) is 0. The van der Waals surface area contributed by atoms with E-state index in [4.69, 9.17) is 15.2 Å². The van der Waals surface area contributed by atoms with E-state index in [-0.39, 0.29) is 11.3 Å². The molecule has 2 fully saturated rings. The van der Waals surface area contributed by atoms with Gasteiger partial charge in [-0.1, -0.05) is 13.8 Å². The molecule has 2 aliphatic rings. The van der Waals surface area contributed by atoms with Gasteiger partial charge in [-0.3, -0.25) is 4.79 Å². The molecule has 0 spiro atoms. The van der Waals surface area contributed by atoms with E-state index in [9.17, 15) is 4.79 Å². The van der Waals surface area contributed by atoms with Crippen LogP contribution in [0.15, 0.2) is 0 Å². The van der Waals surface area contributed by atoms with Gasteiger partial charge in [0, 0.05) is 12.8 Å². The van der Waals surface area contributed by atoms with Crippen LogP contribution in [0, 0.1) is 17.3 Å². The van der Waals surface area contributed by atoms with Crippen LogP contribution in [-0.4, -0.2) is 24.9 Å². The van der Waals surface area contributed by atoms with Crippen LogP contribution in [0.25, 0.3) is 0 Å². The fourth-order valence-corrected chi connectivity index (χ4v) is 2.96. The monoisotopic (exact) mass is 227 g/mol. The van der Waals surface area contributed by atoms with Gasteiger partial charge in [0.1, 0.15) is 0 Å². The van der Waals surface area contributed by atoms with Crippen molar-refractivity contribution in [1.29, 1.82) is 0 Å². The van der Waals surface area contributed by atoms with Gasteiger partial charge in [-0.05, 0) is 24.2 Å². The Kier molecular flexibility index (Phi) is 2.75. The molecule has 4 nitrogen and oxygen atoms in total. The van der Waals surface area contributed by atoms with Crippen molar-refractivity contribution in [3.05, 3.63) is 0 Å². The Bertz CT molecular complexity index is 295. The summed E-state index contributed by atoms with van der Waals surface area (Å²) in [4.78, 5) is 11.0. The lowest BCUT2D eigenvalue weighted by Gasteiger charge is -2.22. The molecule has 1 aliphatic carbocycles. The predicted molar refractivity (Wildman–Crippen MR) is 59.5 cm³/mol. The second-order valence-corrected chi connectivity index (χ2v) is 5.74. The van der Waals surface area contributed by atoms with Crippen molar-refractivity contribution in [2.45, 2.75) is 39.4 Å².